The van der Waals surface area contributed by atoms with Crippen molar-refractivity contribution >= 4 is 62.3 Å². The Labute approximate surface area is 222 Å². The zero-order valence-corrected chi connectivity index (χ0v) is 23.2. The summed E-state index contributed by atoms with van der Waals surface area (Å²) >= 11 is 18.3. The lowest BCUT2D eigenvalue weighted by atomic mass is 10.1. The normalized spacial score (nSPS) is 12.2. The van der Waals surface area contributed by atoms with Crippen molar-refractivity contribution in [3.05, 3.63) is 62.6 Å². The molecule has 1 N–H and O–H groups in total. The van der Waals surface area contributed by atoms with Crippen LogP contribution in [-0.2, 0) is 26.2 Å². The maximum absolute atomic E-state index is 13.5. The molecule has 2 amide bonds. The van der Waals surface area contributed by atoms with Crippen LogP contribution in [0.5, 0.6) is 0 Å². The second-order valence-electron chi connectivity index (χ2n) is 8.29. The molecule has 0 saturated carbocycles. The summed E-state index contributed by atoms with van der Waals surface area (Å²) in [6.07, 6.45) is 2.73. The molecule has 0 bridgehead atoms. The average Bonchev–Trinajstić information content (AvgIpc) is 2.78. The highest BCUT2D eigenvalue weighted by Gasteiger charge is 2.30. The van der Waals surface area contributed by atoms with Gasteiger partial charge >= 0.3 is 0 Å². The van der Waals surface area contributed by atoms with Crippen molar-refractivity contribution in [1.29, 1.82) is 0 Å². The fourth-order valence-electron chi connectivity index (χ4n) is 3.40. The molecule has 0 aliphatic heterocycles. The molecule has 35 heavy (non-hydrogen) atoms. The molecule has 0 heterocycles. The molecule has 0 aliphatic rings. The van der Waals surface area contributed by atoms with Crippen LogP contribution in [0.4, 0.5) is 5.69 Å². The molecule has 11 heteroatoms. The van der Waals surface area contributed by atoms with Gasteiger partial charge in [0, 0.05) is 18.1 Å². The Hall–Kier alpha value is -2.00. The van der Waals surface area contributed by atoms with Gasteiger partial charge in [0.25, 0.3) is 0 Å². The second-order valence-corrected chi connectivity index (χ2v) is 11.4. The molecule has 2 aromatic rings. The molecule has 0 radical (unpaired) electrons. The van der Waals surface area contributed by atoms with E-state index in [0.29, 0.717) is 38.4 Å². The molecular formula is C24H30Cl3N3O4S. The number of benzene rings is 2. The van der Waals surface area contributed by atoms with Crippen LogP contribution in [0.25, 0.3) is 0 Å². The highest BCUT2D eigenvalue weighted by Crippen LogP contribution is 2.27. The molecule has 0 fully saturated rings. The highest BCUT2D eigenvalue weighted by atomic mass is 35.5. The summed E-state index contributed by atoms with van der Waals surface area (Å²) in [6, 6.07) is 8.86. The number of nitrogens with one attached hydrogen (secondary N) is 1. The van der Waals surface area contributed by atoms with E-state index in [0.717, 1.165) is 23.4 Å². The first-order valence-electron chi connectivity index (χ1n) is 11.1. The van der Waals surface area contributed by atoms with E-state index in [9.17, 15) is 18.0 Å². The van der Waals surface area contributed by atoms with Crippen LogP contribution in [0.15, 0.2) is 36.4 Å². The third-order valence-electron chi connectivity index (χ3n) is 5.45. The molecule has 1 atom stereocenters. The van der Waals surface area contributed by atoms with Crippen LogP contribution in [0.3, 0.4) is 0 Å². The quantitative estimate of drug-likeness (QED) is 0.388. The Morgan fingerprint density at radius 2 is 1.74 bits per heavy atom. The van der Waals surface area contributed by atoms with Crippen LogP contribution in [0, 0.1) is 6.92 Å². The molecule has 0 aliphatic carbocycles. The lowest BCUT2D eigenvalue weighted by Gasteiger charge is -2.32. The fraction of sp³-hybridized carbons (Fsp3) is 0.417. The van der Waals surface area contributed by atoms with Gasteiger partial charge in [0.15, 0.2) is 0 Å². The van der Waals surface area contributed by atoms with Gasteiger partial charge in [-0.3, -0.25) is 13.9 Å². The zero-order chi connectivity index (χ0) is 26.3. The summed E-state index contributed by atoms with van der Waals surface area (Å²) in [4.78, 5) is 27.7. The molecule has 0 spiro atoms. The summed E-state index contributed by atoms with van der Waals surface area (Å²) in [5.41, 5.74) is 1.57. The minimum atomic E-state index is -3.85. The van der Waals surface area contributed by atoms with Crippen molar-refractivity contribution in [2.45, 2.75) is 46.2 Å². The van der Waals surface area contributed by atoms with Crippen LogP contribution in [-0.4, -0.2) is 50.5 Å². The van der Waals surface area contributed by atoms with Crippen LogP contribution < -0.4 is 9.62 Å². The van der Waals surface area contributed by atoms with Crippen LogP contribution >= 0.6 is 34.8 Å². The zero-order valence-electron chi connectivity index (χ0n) is 20.1. The maximum atomic E-state index is 13.5. The summed E-state index contributed by atoms with van der Waals surface area (Å²) in [5.74, 6) is -0.893. The standard InChI is InChI=1S/C24H30Cl3N3O4S/c1-5-6-11-28-24(32)17(3)29(14-18-8-10-20(26)21(27)12-18)23(31)15-30(35(4,33)34)22-13-19(25)9-7-16(22)2/h7-10,12-13,17H,5-6,11,14-15H2,1-4H3,(H,28,32)/t17-/m1/s1. The molecular weight excluding hydrogens is 533 g/mol. The first-order chi connectivity index (χ1) is 16.3. The lowest BCUT2D eigenvalue weighted by molar-refractivity contribution is -0.139. The van der Waals surface area contributed by atoms with Gasteiger partial charge in [-0.05, 0) is 55.7 Å². The molecule has 2 aromatic carbocycles. The van der Waals surface area contributed by atoms with E-state index < -0.39 is 28.5 Å². The highest BCUT2D eigenvalue weighted by molar-refractivity contribution is 7.92. The molecule has 0 saturated heterocycles. The smallest absolute Gasteiger partial charge is 0.244 e. The number of nitrogens with zero attached hydrogens (tertiary/aromatic N) is 2. The summed E-state index contributed by atoms with van der Waals surface area (Å²) < 4.78 is 26.3. The monoisotopic (exact) mass is 561 g/mol. The molecule has 0 unspecified atom stereocenters. The third kappa shape index (κ3) is 8.27. The van der Waals surface area contributed by atoms with Gasteiger partial charge in [-0.2, -0.15) is 0 Å². The van der Waals surface area contributed by atoms with Gasteiger partial charge in [0.2, 0.25) is 21.8 Å². The predicted molar refractivity (Wildman–Crippen MR) is 143 cm³/mol. The number of hydrogen-bond acceptors (Lipinski definition) is 4. The van der Waals surface area contributed by atoms with E-state index in [-0.39, 0.29) is 12.5 Å². The predicted octanol–water partition coefficient (Wildman–Crippen LogP) is 5.05. The van der Waals surface area contributed by atoms with Crippen molar-refractivity contribution in [2.24, 2.45) is 0 Å². The Bertz CT molecular complexity index is 1170. The first kappa shape index (κ1) is 29.2. The average molecular weight is 563 g/mol. The molecule has 192 valence electrons. The van der Waals surface area contributed by atoms with Crippen molar-refractivity contribution in [2.75, 3.05) is 23.7 Å². The van der Waals surface area contributed by atoms with Crippen LogP contribution in [0.1, 0.15) is 37.8 Å². The number of anilines is 1. The largest absolute Gasteiger partial charge is 0.354 e. The maximum Gasteiger partial charge on any atom is 0.244 e. The number of unbranched alkanes of at least 4 members (excludes halogenated alkanes) is 1. The summed E-state index contributed by atoms with van der Waals surface area (Å²) in [6.45, 7) is 5.34. The van der Waals surface area contributed by atoms with Crippen molar-refractivity contribution in [3.8, 4) is 0 Å². The Morgan fingerprint density at radius 3 is 2.34 bits per heavy atom. The van der Waals surface area contributed by atoms with Crippen molar-refractivity contribution < 1.29 is 18.0 Å². The fourth-order valence-corrected chi connectivity index (χ4v) is 4.79. The Kier molecular flexibility index (Phi) is 10.7. The topological polar surface area (TPSA) is 86.8 Å². The molecule has 0 aromatic heterocycles. The number of amides is 2. The number of sulfonamides is 1. The Balaban J connectivity index is 2.42. The van der Waals surface area contributed by atoms with Crippen molar-refractivity contribution in [1.82, 2.24) is 10.2 Å². The van der Waals surface area contributed by atoms with E-state index in [1.54, 1.807) is 44.2 Å². The number of hydrogen-bond donors (Lipinski definition) is 1. The van der Waals surface area contributed by atoms with E-state index in [4.69, 9.17) is 34.8 Å². The Morgan fingerprint density at radius 1 is 1.06 bits per heavy atom. The number of carbonyl (C=O) groups excluding carboxylic acids is 2. The van der Waals surface area contributed by atoms with Crippen LogP contribution in [0.2, 0.25) is 15.1 Å². The summed E-state index contributed by atoms with van der Waals surface area (Å²) in [7, 11) is -3.85. The van der Waals surface area contributed by atoms with E-state index in [1.165, 1.54) is 11.0 Å². The number of carbonyl (C=O) groups is 2. The van der Waals surface area contributed by atoms with Gasteiger partial charge in [0.1, 0.15) is 12.6 Å². The third-order valence-corrected chi connectivity index (χ3v) is 7.55. The van der Waals surface area contributed by atoms with Gasteiger partial charge in [0.05, 0.1) is 22.0 Å². The SMILES string of the molecule is CCCCNC(=O)[C@@H](C)N(Cc1ccc(Cl)c(Cl)c1)C(=O)CN(c1cc(Cl)ccc1C)S(C)(=O)=O. The number of halogens is 3. The minimum Gasteiger partial charge on any atom is -0.354 e. The number of rotatable bonds is 11. The van der Waals surface area contributed by atoms with E-state index in [2.05, 4.69) is 5.32 Å². The molecule has 2 rings (SSSR count). The number of aryl methyl sites for hydroxylation is 1. The van der Waals surface area contributed by atoms with E-state index >= 15 is 0 Å². The van der Waals surface area contributed by atoms with E-state index in [1.807, 2.05) is 6.92 Å². The van der Waals surface area contributed by atoms with Gasteiger partial charge in [-0.1, -0.05) is 60.3 Å². The lowest BCUT2D eigenvalue weighted by Crippen LogP contribution is -2.51. The summed E-state index contributed by atoms with van der Waals surface area (Å²) in [5, 5.41) is 3.83. The first-order valence-corrected chi connectivity index (χ1v) is 14.1. The van der Waals surface area contributed by atoms with Gasteiger partial charge in [-0.15, -0.1) is 0 Å². The van der Waals surface area contributed by atoms with Crippen molar-refractivity contribution in [3.63, 3.8) is 0 Å². The molecule has 7 nitrogen and oxygen atoms in total. The van der Waals surface area contributed by atoms with Gasteiger partial charge in [-0.25, -0.2) is 8.42 Å². The minimum absolute atomic E-state index is 0.0320. The second kappa shape index (κ2) is 12.8. The van der Waals surface area contributed by atoms with Gasteiger partial charge < -0.3 is 10.2 Å².